The Labute approximate surface area is 72.7 Å². The van der Waals surface area contributed by atoms with Crippen LogP contribution in [0.5, 0.6) is 0 Å². The molecule has 1 N–H and O–H groups in total. The molecule has 0 amide bonds. The van der Waals surface area contributed by atoms with E-state index in [4.69, 9.17) is 0 Å². The molecule has 72 valence electrons. The van der Waals surface area contributed by atoms with Crippen LogP contribution in [0.3, 0.4) is 0 Å². The SMILES string of the molecule is CCCCC(O)CCC[N+](=O)[O-]. The Bertz CT molecular complexity index is 127. The van der Waals surface area contributed by atoms with E-state index in [2.05, 4.69) is 6.92 Å². The van der Waals surface area contributed by atoms with E-state index in [0.717, 1.165) is 19.3 Å². The van der Waals surface area contributed by atoms with Crippen LogP contribution in [0.25, 0.3) is 0 Å². The number of nitro groups is 1. The summed E-state index contributed by atoms with van der Waals surface area (Å²) in [4.78, 5) is 9.58. The minimum absolute atomic E-state index is 0.0246. The first kappa shape index (κ1) is 11.4. The normalized spacial score (nSPS) is 12.8. The monoisotopic (exact) mass is 175 g/mol. The Morgan fingerprint density at radius 1 is 1.42 bits per heavy atom. The van der Waals surface area contributed by atoms with Crippen molar-refractivity contribution in [2.45, 2.75) is 45.1 Å². The van der Waals surface area contributed by atoms with Crippen molar-refractivity contribution in [3.05, 3.63) is 10.1 Å². The van der Waals surface area contributed by atoms with Crippen LogP contribution in [0.15, 0.2) is 0 Å². The Kier molecular flexibility index (Phi) is 6.66. The zero-order valence-corrected chi connectivity index (χ0v) is 7.53. The van der Waals surface area contributed by atoms with Gasteiger partial charge < -0.3 is 5.11 Å². The predicted molar refractivity (Wildman–Crippen MR) is 46.6 cm³/mol. The highest BCUT2D eigenvalue weighted by Crippen LogP contribution is 2.06. The van der Waals surface area contributed by atoms with Crippen molar-refractivity contribution < 1.29 is 10.0 Å². The van der Waals surface area contributed by atoms with E-state index in [1.807, 2.05) is 0 Å². The number of unbranched alkanes of at least 4 members (excludes halogenated alkanes) is 1. The second-order valence-corrected chi connectivity index (χ2v) is 2.99. The molecule has 0 spiro atoms. The molecular weight excluding hydrogens is 158 g/mol. The number of hydrogen-bond donors (Lipinski definition) is 1. The molecule has 0 radical (unpaired) electrons. The first-order valence-electron chi connectivity index (χ1n) is 4.46. The molecule has 1 atom stereocenters. The average molecular weight is 175 g/mol. The summed E-state index contributed by atoms with van der Waals surface area (Å²) in [5.74, 6) is 0. The average Bonchev–Trinajstić information content (AvgIpc) is 2.00. The van der Waals surface area contributed by atoms with Gasteiger partial charge in [-0.3, -0.25) is 10.1 Å². The van der Waals surface area contributed by atoms with Crippen LogP contribution < -0.4 is 0 Å². The molecule has 4 nitrogen and oxygen atoms in total. The molecule has 0 bridgehead atoms. The fourth-order valence-electron chi connectivity index (χ4n) is 1.04. The van der Waals surface area contributed by atoms with E-state index in [-0.39, 0.29) is 17.6 Å². The van der Waals surface area contributed by atoms with Crippen molar-refractivity contribution in [3.8, 4) is 0 Å². The lowest BCUT2D eigenvalue weighted by atomic mass is 10.1. The van der Waals surface area contributed by atoms with Crippen molar-refractivity contribution in [2.24, 2.45) is 0 Å². The summed E-state index contributed by atoms with van der Waals surface area (Å²) in [5, 5.41) is 19.2. The topological polar surface area (TPSA) is 63.4 Å². The Balaban J connectivity index is 3.19. The third-order valence-electron chi connectivity index (χ3n) is 1.77. The summed E-state index contributed by atoms with van der Waals surface area (Å²) in [5.41, 5.74) is 0. The fourth-order valence-corrected chi connectivity index (χ4v) is 1.04. The molecule has 0 fully saturated rings. The minimum atomic E-state index is -0.343. The van der Waals surface area contributed by atoms with E-state index >= 15 is 0 Å². The number of rotatable bonds is 7. The lowest BCUT2D eigenvalue weighted by Gasteiger charge is -2.06. The quantitative estimate of drug-likeness (QED) is 0.472. The van der Waals surface area contributed by atoms with Gasteiger partial charge in [-0.05, 0) is 12.8 Å². The van der Waals surface area contributed by atoms with Gasteiger partial charge in [0.1, 0.15) is 0 Å². The molecule has 0 aromatic rings. The number of aliphatic hydroxyl groups is 1. The summed E-state index contributed by atoms with van der Waals surface area (Å²) >= 11 is 0. The molecule has 0 aromatic carbocycles. The van der Waals surface area contributed by atoms with E-state index < -0.39 is 0 Å². The molecule has 1 unspecified atom stereocenters. The maximum atomic E-state index is 9.92. The molecule has 0 heterocycles. The summed E-state index contributed by atoms with van der Waals surface area (Å²) in [6, 6.07) is 0. The molecule has 12 heavy (non-hydrogen) atoms. The van der Waals surface area contributed by atoms with Gasteiger partial charge in [0.25, 0.3) is 0 Å². The number of aliphatic hydroxyl groups excluding tert-OH is 1. The third kappa shape index (κ3) is 7.47. The smallest absolute Gasteiger partial charge is 0.204 e. The maximum absolute atomic E-state index is 9.92. The summed E-state index contributed by atoms with van der Waals surface area (Å²) in [6.45, 7) is 2.03. The van der Waals surface area contributed by atoms with Crippen LogP contribution in [0.2, 0.25) is 0 Å². The first-order valence-corrected chi connectivity index (χ1v) is 4.46. The molecule has 0 saturated carbocycles. The zero-order valence-electron chi connectivity index (χ0n) is 7.53. The highest BCUT2D eigenvalue weighted by molar-refractivity contribution is 4.54. The lowest BCUT2D eigenvalue weighted by Crippen LogP contribution is -2.09. The Hall–Kier alpha value is -0.640. The fraction of sp³-hybridized carbons (Fsp3) is 1.00. The Morgan fingerprint density at radius 2 is 2.00 bits per heavy atom. The number of hydrogen-bond acceptors (Lipinski definition) is 3. The van der Waals surface area contributed by atoms with Crippen molar-refractivity contribution in [1.82, 2.24) is 0 Å². The van der Waals surface area contributed by atoms with Crippen LogP contribution in [-0.4, -0.2) is 22.7 Å². The van der Waals surface area contributed by atoms with Crippen molar-refractivity contribution in [2.75, 3.05) is 6.54 Å². The molecular formula is C8H17NO3. The van der Waals surface area contributed by atoms with E-state index in [0.29, 0.717) is 12.8 Å². The molecule has 0 rings (SSSR count). The zero-order chi connectivity index (χ0) is 9.40. The summed E-state index contributed by atoms with van der Waals surface area (Å²) < 4.78 is 0. The highest BCUT2D eigenvalue weighted by atomic mass is 16.6. The van der Waals surface area contributed by atoms with Gasteiger partial charge in [0.2, 0.25) is 6.54 Å². The lowest BCUT2D eigenvalue weighted by molar-refractivity contribution is -0.480. The molecule has 0 aliphatic carbocycles. The first-order chi connectivity index (χ1) is 5.66. The predicted octanol–water partition coefficient (Wildman–Crippen LogP) is 1.59. The van der Waals surface area contributed by atoms with Gasteiger partial charge in [0.05, 0.1) is 6.10 Å². The van der Waals surface area contributed by atoms with Crippen molar-refractivity contribution in [3.63, 3.8) is 0 Å². The molecule has 0 aliphatic rings. The number of nitrogens with zero attached hydrogens (tertiary/aromatic N) is 1. The third-order valence-corrected chi connectivity index (χ3v) is 1.77. The molecule has 0 saturated heterocycles. The molecule has 0 aromatic heterocycles. The van der Waals surface area contributed by atoms with E-state index in [1.54, 1.807) is 0 Å². The van der Waals surface area contributed by atoms with Crippen LogP contribution in [0.4, 0.5) is 0 Å². The van der Waals surface area contributed by atoms with Gasteiger partial charge >= 0.3 is 0 Å². The second-order valence-electron chi connectivity index (χ2n) is 2.99. The van der Waals surface area contributed by atoms with Crippen LogP contribution >= 0.6 is 0 Å². The van der Waals surface area contributed by atoms with Gasteiger partial charge in [-0.15, -0.1) is 0 Å². The van der Waals surface area contributed by atoms with Gasteiger partial charge in [0, 0.05) is 11.3 Å². The summed E-state index contributed by atoms with van der Waals surface area (Å²) in [7, 11) is 0. The van der Waals surface area contributed by atoms with Crippen molar-refractivity contribution >= 4 is 0 Å². The Morgan fingerprint density at radius 3 is 2.50 bits per heavy atom. The minimum Gasteiger partial charge on any atom is -0.393 e. The van der Waals surface area contributed by atoms with E-state index in [1.165, 1.54) is 0 Å². The molecule has 4 heteroatoms. The maximum Gasteiger partial charge on any atom is 0.204 e. The van der Waals surface area contributed by atoms with Crippen LogP contribution in [-0.2, 0) is 0 Å². The van der Waals surface area contributed by atoms with Gasteiger partial charge in [-0.1, -0.05) is 19.8 Å². The summed E-state index contributed by atoms with van der Waals surface area (Å²) in [6.07, 6.45) is 3.53. The van der Waals surface area contributed by atoms with Crippen LogP contribution in [0, 0.1) is 10.1 Å². The second kappa shape index (κ2) is 7.03. The standard InChI is InChI=1S/C8H17NO3/c1-2-3-5-8(10)6-4-7-9(11)12/h8,10H,2-7H2,1H3. The highest BCUT2D eigenvalue weighted by Gasteiger charge is 2.05. The molecule has 0 aliphatic heterocycles. The van der Waals surface area contributed by atoms with Crippen molar-refractivity contribution in [1.29, 1.82) is 0 Å². The van der Waals surface area contributed by atoms with E-state index in [9.17, 15) is 15.2 Å². The van der Waals surface area contributed by atoms with Gasteiger partial charge in [0.15, 0.2) is 0 Å². The van der Waals surface area contributed by atoms with Gasteiger partial charge in [-0.25, -0.2) is 0 Å². The van der Waals surface area contributed by atoms with Crippen LogP contribution in [0.1, 0.15) is 39.0 Å². The van der Waals surface area contributed by atoms with Gasteiger partial charge in [-0.2, -0.15) is 0 Å². The largest absolute Gasteiger partial charge is 0.393 e.